The summed E-state index contributed by atoms with van der Waals surface area (Å²) in [7, 11) is 1.33. The first kappa shape index (κ1) is 13.1. The maximum absolute atomic E-state index is 11.2. The molecule has 2 rings (SSSR count). The average Bonchev–Trinajstić information content (AvgIpc) is 3.09. The van der Waals surface area contributed by atoms with Gasteiger partial charge >= 0.3 is 5.97 Å². The third-order valence-electron chi connectivity index (χ3n) is 2.82. The first-order valence-electron chi connectivity index (χ1n) is 6.25. The van der Waals surface area contributed by atoms with Crippen LogP contribution in [0.2, 0.25) is 0 Å². The Hall–Kier alpha value is -1.33. The van der Waals surface area contributed by atoms with E-state index < -0.39 is 5.97 Å². The quantitative estimate of drug-likeness (QED) is 0.563. The lowest BCUT2D eigenvalue weighted by Gasteiger charge is -2.04. The molecule has 0 saturated heterocycles. The summed E-state index contributed by atoms with van der Waals surface area (Å²) in [6.45, 7) is 2.96. The van der Waals surface area contributed by atoms with Crippen molar-refractivity contribution < 1.29 is 18.7 Å². The zero-order valence-electron chi connectivity index (χ0n) is 10.6. The van der Waals surface area contributed by atoms with Crippen molar-refractivity contribution in [3.05, 3.63) is 23.7 Å². The van der Waals surface area contributed by atoms with Crippen LogP contribution in [0.5, 0.6) is 0 Å². The van der Waals surface area contributed by atoms with E-state index in [4.69, 9.17) is 9.15 Å². The normalized spacial score (nSPS) is 14.7. The van der Waals surface area contributed by atoms with Crippen LogP contribution in [0.1, 0.15) is 29.2 Å². The number of carbonyl (C=O) groups excluding carboxylic acids is 1. The molecule has 0 bridgehead atoms. The SMILES string of the molecule is COC(=O)c1ccc(CNCCOCC2CC2)o1. The molecule has 1 fully saturated rings. The Morgan fingerprint density at radius 3 is 3.06 bits per heavy atom. The number of furan rings is 1. The van der Waals surface area contributed by atoms with Gasteiger partial charge in [0.15, 0.2) is 0 Å². The van der Waals surface area contributed by atoms with Crippen LogP contribution in [-0.2, 0) is 16.0 Å². The number of ether oxygens (including phenoxy) is 2. The summed E-state index contributed by atoms with van der Waals surface area (Å²) in [4.78, 5) is 11.2. The molecule has 0 unspecified atom stereocenters. The minimum absolute atomic E-state index is 0.235. The number of methoxy groups -OCH3 is 1. The molecule has 0 aliphatic heterocycles. The van der Waals surface area contributed by atoms with Gasteiger partial charge in [0.05, 0.1) is 20.3 Å². The van der Waals surface area contributed by atoms with Gasteiger partial charge in [-0.25, -0.2) is 4.79 Å². The van der Waals surface area contributed by atoms with Gasteiger partial charge in [-0.3, -0.25) is 0 Å². The van der Waals surface area contributed by atoms with Gasteiger partial charge in [-0.2, -0.15) is 0 Å². The molecular formula is C13H19NO4. The highest BCUT2D eigenvalue weighted by atomic mass is 16.5. The largest absolute Gasteiger partial charge is 0.463 e. The molecule has 100 valence electrons. The van der Waals surface area contributed by atoms with Crippen LogP contribution < -0.4 is 5.32 Å². The summed E-state index contributed by atoms with van der Waals surface area (Å²) in [5.74, 6) is 1.31. The molecule has 5 nitrogen and oxygen atoms in total. The zero-order valence-corrected chi connectivity index (χ0v) is 10.6. The van der Waals surface area contributed by atoms with Crippen molar-refractivity contribution in [3.8, 4) is 0 Å². The van der Waals surface area contributed by atoms with Gasteiger partial charge in [0.2, 0.25) is 5.76 Å². The van der Waals surface area contributed by atoms with E-state index in [1.807, 2.05) is 0 Å². The van der Waals surface area contributed by atoms with E-state index in [0.29, 0.717) is 13.2 Å². The summed E-state index contributed by atoms with van der Waals surface area (Å²) < 4.78 is 15.4. The molecule has 1 saturated carbocycles. The van der Waals surface area contributed by atoms with Crippen molar-refractivity contribution in [2.24, 2.45) is 5.92 Å². The number of hydrogen-bond acceptors (Lipinski definition) is 5. The first-order chi connectivity index (χ1) is 8.79. The minimum Gasteiger partial charge on any atom is -0.463 e. The monoisotopic (exact) mass is 253 g/mol. The highest BCUT2D eigenvalue weighted by molar-refractivity contribution is 5.86. The van der Waals surface area contributed by atoms with Crippen LogP contribution in [0, 0.1) is 5.92 Å². The van der Waals surface area contributed by atoms with E-state index in [1.165, 1.54) is 20.0 Å². The lowest BCUT2D eigenvalue weighted by Crippen LogP contribution is -2.19. The Morgan fingerprint density at radius 1 is 1.50 bits per heavy atom. The predicted molar refractivity (Wildman–Crippen MR) is 65.3 cm³/mol. The van der Waals surface area contributed by atoms with E-state index in [0.717, 1.165) is 24.8 Å². The molecule has 1 aromatic rings. The molecule has 18 heavy (non-hydrogen) atoms. The smallest absolute Gasteiger partial charge is 0.373 e. The van der Waals surface area contributed by atoms with Gasteiger partial charge < -0.3 is 19.2 Å². The van der Waals surface area contributed by atoms with Crippen molar-refractivity contribution in [2.75, 3.05) is 26.9 Å². The van der Waals surface area contributed by atoms with Crippen molar-refractivity contribution in [1.29, 1.82) is 0 Å². The van der Waals surface area contributed by atoms with Crippen LogP contribution in [-0.4, -0.2) is 32.8 Å². The number of esters is 1. The molecule has 0 aromatic carbocycles. The minimum atomic E-state index is -0.450. The highest BCUT2D eigenvalue weighted by Gasteiger charge is 2.20. The Balaban J connectivity index is 1.57. The predicted octanol–water partition coefficient (Wildman–Crippen LogP) is 1.58. The highest BCUT2D eigenvalue weighted by Crippen LogP contribution is 2.28. The van der Waals surface area contributed by atoms with Crippen molar-refractivity contribution in [1.82, 2.24) is 5.32 Å². The maximum Gasteiger partial charge on any atom is 0.373 e. The first-order valence-corrected chi connectivity index (χ1v) is 6.25. The summed E-state index contributed by atoms with van der Waals surface area (Å²) in [6.07, 6.45) is 2.63. The second-order valence-corrected chi connectivity index (χ2v) is 4.45. The second-order valence-electron chi connectivity index (χ2n) is 4.45. The van der Waals surface area contributed by atoms with E-state index in [9.17, 15) is 4.79 Å². The number of nitrogens with one attached hydrogen (secondary N) is 1. The fourth-order valence-corrected chi connectivity index (χ4v) is 1.57. The lowest BCUT2D eigenvalue weighted by atomic mass is 10.4. The van der Waals surface area contributed by atoms with Gasteiger partial charge in [0.25, 0.3) is 0 Å². The molecule has 1 aliphatic rings. The molecule has 0 atom stereocenters. The van der Waals surface area contributed by atoms with Gasteiger partial charge in [0.1, 0.15) is 5.76 Å². The molecule has 5 heteroatoms. The summed E-state index contributed by atoms with van der Waals surface area (Å²) >= 11 is 0. The van der Waals surface area contributed by atoms with Crippen molar-refractivity contribution in [3.63, 3.8) is 0 Å². The van der Waals surface area contributed by atoms with Crippen LogP contribution >= 0.6 is 0 Å². The maximum atomic E-state index is 11.2. The van der Waals surface area contributed by atoms with Gasteiger partial charge in [-0.05, 0) is 30.9 Å². The topological polar surface area (TPSA) is 60.7 Å². The van der Waals surface area contributed by atoms with Crippen molar-refractivity contribution >= 4 is 5.97 Å². The third kappa shape index (κ3) is 4.16. The lowest BCUT2D eigenvalue weighted by molar-refractivity contribution is 0.0562. The van der Waals surface area contributed by atoms with Gasteiger partial charge in [-0.15, -0.1) is 0 Å². The third-order valence-corrected chi connectivity index (χ3v) is 2.82. The van der Waals surface area contributed by atoms with Gasteiger partial charge in [-0.1, -0.05) is 0 Å². The number of rotatable bonds is 8. The molecule has 0 amide bonds. The molecule has 0 radical (unpaired) electrons. The average molecular weight is 253 g/mol. The van der Waals surface area contributed by atoms with Gasteiger partial charge in [0, 0.05) is 13.2 Å². The van der Waals surface area contributed by atoms with E-state index in [-0.39, 0.29) is 5.76 Å². The van der Waals surface area contributed by atoms with Crippen LogP contribution in [0.25, 0.3) is 0 Å². The standard InChI is InChI=1S/C13H19NO4/c1-16-13(15)12-5-4-11(18-12)8-14-6-7-17-9-10-2-3-10/h4-5,10,14H,2-3,6-9H2,1H3. The Labute approximate surface area is 106 Å². The molecule has 1 heterocycles. The summed E-state index contributed by atoms with van der Waals surface area (Å²) in [5, 5.41) is 3.20. The number of carbonyl (C=O) groups is 1. The molecule has 0 spiro atoms. The van der Waals surface area contributed by atoms with Crippen LogP contribution in [0.3, 0.4) is 0 Å². The number of hydrogen-bond donors (Lipinski definition) is 1. The summed E-state index contributed by atoms with van der Waals surface area (Å²) in [5.41, 5.74) is 0. The summed E-state index contributed by atoms with van der Waals surface area (Å²) in [6, 6.07) is 3.39. The Morgan fingerprint density at radius 2 is 2.33 bits per heavy atom. The molecule has 1 aromatic heterocycles. The fourth-order valence-electron chi connectivity index (χ4n) is 1.57. The Kier molecular flexibility index (Phi) is 4.78. The zero-order chi connectivity index (χ0) is 12.8. The van der Waals surface area contributed by atoms with Crippen LogP contribution in [0.15, 0.2) is 16.5 Å². The van der Waals surface area contributed by atoms with E-state index in [2.05, 4.69) is 10.1 Å². The Bertz CT molecular complexity index is 384. The molecule has 1 aliphatic carbocycles. The van der Waals surface area contributed by atoms with Crippen molar-refractivity contribution in [2.45, 2.75) is 19.4 Å². The van der Waals surface area contributed by atoms with E-state index >= 15 is 0 Å². The van der Waals surface area contributed by atoms with Crippen LogP contribution in [0.4, 0.5) is 0 Å². The molecular weight excluding hydrogens is 234 g/mol. The second kappa shape index (κ2) is 6.56. The fraction of sp³-hybridized carbons (Fsp3) is 0.615. The van der Waals surface area contributed by atoms with E-state index in [1.54, 1.807) is 12.1 Å². The molecule has 1 N–H and O–H groups in total.